The molecule has 0 unspecified atom stereocenters. The van der Waals surface area contributed by atoms with E-state index < -0.39 is 6.10 Å². The number of ether oxygens (including phenoxy) is 2. The van der Waals surface area contributed by atoms with Gasteiger partial charge in [-0.1, -0.05) is 0 Å². The molecule has 0 saturated heterocycles. The summed E-state index contributed by atoms with van der Waals surface area (Å²) in [6, 6.07) is 6.96. The largest absolute Gasteiger partial charge is 0.496 e. The molecule has 7 nitrogen and oxygen atoms in total. The van der Waals surface area contributed by atoms with E-state index in [-0.39, 0.29) is 19.0 Å². The average Bonchev–Trinajstić information content (AvgIpc) is 3.09. The molecule has 0 spiro atoms. The van der Waals surface area contributed by atoms with Crippen LogP contribution in [0.15, 0.2) is 24.4 Å². The van der Waals surface area contributed by atoms with Crippen molar-refractivity contribution in [1.82, 2.24) is 9.88 Å². The van der Waals surface area contributed by atoms with E-state index in [1.54, 1.807) is 19.2 Å². The molecule has 0 fully saturated rings. The van der Waals surface area contributed by atoms with Gasteiger partial charge in [-0.2, -0.15) is 5.26 Å². The minimum Gasteiger partial charge on any atom is -0.496 e. The first-order chi connectivity index (χ1) is 11.6. The number of β-amino-alcohol motifs (C(OH)–C–C–N with tert-alkyl or cyclic N) is 1. The van der Waals surface area contributed by atoms with Crippen LogP contribution in [0, 0.1) is 11.3 Å². The highest BCUT2D eigenvalue weighted by Gasteiger charge is 2.32. The van der Waals surface area contributed by atoms with E-state index in [9.17, 15) is 9.90 Å². The first-order valence-corrected chi connectivity index (χ1v) is 7.38. The highest BCUT2D eigenvalue weighted by Crippen LogP contribution is 2.39. The van der Waals surface area contributed by atoms with Crippen molar-refractivity contribution < 1.29 is 19.4 Å². The molecular formula is C17H17N3O4. The SMILES string of the molecule is COc1ccc(OC)c2c1CN(C(=O)c1cc(C#N)c[nH]1)C[C@@H]2O. The zero-order valence-corrected chi connectivity index (χ0v) is 13.4. The second-order valence-corrected chi connectivity index (χ2v) is 5.48. The molecule has 2 heterocycles. The molecule has 7 heteroatoms. The van der Waals surface area contributed by atoms with Gasteiger partial charge in [0.15, 0.2) is 0 Å². The number of rotatable bonds is 3. The normalized spacial score (nSPS) is 16.2. The number of nitriles is 1. The number of nitrogens with zero attached hydrogens (tertiary/aromatic N) is 2. The number of fused-ring (bicyclic) bond motifs is 1. The Morgan fingerprint density at radius 2 is 2.08 bits per heavy atom. The van der Waals surface area contributed by atoms with Crippen molar-refractivity contribution in [2.24, 2.45) is 0 Å². The van der Waals surface area contributed by atoms with Gasteiger partial charge in [-0.3, -0.25) is 4.79 Å². The molecule has 24 heavy (non-hydrogen) atoms. The lowest BCUT2D eigenvalue weighted by molar-refractivity contribution is 0.0534. The number of carbonyl (C=O) groups is 1. The molecule has 0 saturated carbocycles. The summed E-state index contributed by atoms with van der Waals surface area (Å²) in [6.07, 6.45) is 0.596. The highest BCUT2D eigenvalue weighted by atomic mass is 16.5. The van der Waals surface area contributed by atoms with Crippen LogP contribution in [0.2, 0.25) is 0 Å². The van der Waals surface area contributed by atoms with Gasteiger partial charge in [0.25, 0.3) is 5.91 Å². The van der Waals surface area contributed by atoms with Gasteiger partial charge in [0, 0.05) is 17.3 Å². The predicted molar refractivity (Wildman–Crippen MR) is 84.8 cm³/mol. The number of hydrogen-bond donors (Lipinski definition) is 2. The Kier molecular flexibility index (Phi) is 4.15. The quantitative estimate of drug-likeness (QED) is 0.892. The van der Waals surface area contributed by atoms with Crippen molar-refractivity contribution in [2.45, 2.75) is 12.6 Å². The van der Waals surface area contributed by atoms with Crippen LogP contribution < -0.4 is 9.47 Å². The zero-order chi connectivity index (χ0) is 17.3. The van der Waals surface area contributed by atoms with Crippen LogP contribution in [0.1, 0.15) is 33.3 Å². The third-order valence-corrected chi connectivity index (χ3v) is 4.12. The van der Waals surface area contributed by atoms with Crippen molar-refractivity contribution >= 4 is 5.91 Å². The third kappa shape index (κ3) is 2.57. The maximum atomic E-state index is 12.6. The fourth-order valence-electron chi connectivity index (χ4n) is 2.98. The first kappa shape index (κ1) is 15.9. The van der Waals surface area contributed by atoms with Crippen LogP contribution in [0.5, 0.6) is 11.5 Å². The van der Waals surface area contributed by atoms with Gasteiger partial charge in [-0.05, 0) is 18.2 Å². The molecule has 3 rings (SSSR count). The molecule has 1 atom stereocenters. The topological polar surface area (TPSA) is 98.6 Å². The number of amides is 1. The number of hydrogen-bond acceptors (Lipinski definition) is 5. The number of carbonyl (C=O) groups excluding carboxylic acids is 1. The Morgan fingerprint density at radius 3 is 2.71 bits per heavy atom. The summed E-state index contributed by atoms with van der Waals surface area (Å²) < 4.78 is 10.7. The molecule has 124 valence electrons. The molecule has 1 aromatic heterocycles. The summed E-state index contributed by atoms with van der Waals surface area (Å²) in [5, 5.41) is 19.4. The van der Waals surface area contributed by atoms with Crippen LogP contribution in [-0.2, 0) is 6.54 Å². The lowest BCUT2D eigenvalue weighted by Crippen LogP contribution is -2.38. The molecule has 2 N–H and O–H groups in total. The fourth-order valence-corrected chi connectivity index (χ4v) is 2.98. The highest BCUT2D eigenvalue weighted by molar-refractivity contribution is 5.93. The molecule has 1 aromatic carbocycles. The van der Waals surface area contributed by atoms with Crippen molar-refractivity contribution in [3.63, 3.8) is 0 Å². The van der Waals surface area contributed by atoms with Crippen LogP contribution in [-0.4, -0.2) is 41.7 Å². The van der Waals surface area contributed by atoms with Gasteiger partial charge in [-0.25, -0.2) is 0 Å². The number of nitrogens with one attached hydrogen (secondary N) is 1. The van der Waals surface area contributed by atoms with Gasteiger partial charge >= 0.3 is 0 Å². The van der Waals surface area contributed by atoms with Gasteiger partial charge < -0.3 is 24.5 Å². The summed E-state index contributed by atoms with van der Waals surface area (Å²) in [5.41, 5.74) is 2.06. The molecule has 1 amide bonds. The van der Waals surface area contributed by atoms with E-state index in [0.29, 0.717) is 28.3 Å². The number of aromatic amines is 1. The number of aliphatic hydroxyl groups excluding tert-OH is 1. The minimum absolute atomic E-state index is 0.135. The smallest absolute Gasteiger partial charge is 0.270 e. The number of H-pyrrole nitrogens is 1. The maximum absolute atomic E-state index is 12.6. The van der Waals surface area contributed by atoms with Crippen LogP contribution >= 0.6 is 0 Å². The van der Waals surface area contributed by atoms with Crippen LogP contribution in [0.4, 0.5) is 0 Å². The lowest BCUT2D eigenvalue weighted by Gasteiger charge is -2.33. The summed E-state index contributed by atoms with van der Waals surface area (Å²) in [5.74, 6) is 0.870. The maximum Gasteiger partial charge on any atom is 0.270 e. The molecule has 0 radical (unpaired) electrons. The predicted octanol–water partition coefficient (Wildman–Crippen LogP) is 1.59. The summed E-state index contributed by atoms with van der Waals surface area (Å²) in [7, 11) is 3.08. The summed E-state index contributed by atoms with van der Waals surface area (Å²) in [4.78, 5) is 16.9. The Labute approximate surface area is 139 Å². The van der Waals surface area contributed by atoms with Crippen molar-refractivity contribution in [3.05, 3.63) is 46.8 Å². The monoisotopic (exact) mass is 327 g/mol. The minimum atomic E-state index is -0.881. The number of aliphatic hydroxyl groups is 1. The summed E-state index contributed by atoms with van der Waals surface area (Å²) in [6.45, 7) is 0.419. The third-order valence-electron chi connectivity index (χ3n) is 4.12. The van der Waals surface area contributed by atoms with E-state index in [0.717, 1.165) is 5.56 Å². The molecule has 0 aliphatic carbocycles. The molecule has 1 aliphatic heterocycles. The van der Waals surface area contributed by atoms with Gasteiger partial charge in [-0.15, -0.1) is 0 Å². The molecule has 2 aromatic rings. The Hall–Kier alpha value is -2.98. The van der Waals surface area contributed by atoms with Gasteiger partial charge in [0.05, 0.1) is 32.9 Å². The van der Waals surface area contributed by atoms with Crippen molar-refractivity contribution in [3.8, 4) is 17.6 Å². The average molecular weight is 327 g/mol. The standard InChI is InChI=1S/C17H17N3O4/c1-23-14-3-4-15(24-2)16-11(14)8-20(9-13(16)21)17(22)12-5-10(6-18)7-19-12/h3-5,7,13,19,21H,8-9H2,1-2H3/t13-/m0/s1. The number of methoxy groups -OCH3 is 2. The number of benzene rings is 1. The van der Waals surface area contributed by atoms with Crippen molar-refractivity contribution in [2.75, 3.05) is 20.8 Å². The second-order valence-electron chi connectivity index (χ2n) is 5.48. The van der Waals surface area contributed by atoms with Gasteiger partial charge in [0.2, 0.25) is 0 Å². The van der Waals surface area contributed by atoms with Crippen LogP contribution in [0.25, 0.3) is 0 Å². The van der Waals surface area contributed by atoms with E-state index in [2.05, 4.69) is 4.98 Å². The van der Waals surface area contributed by atoms with E-state index in [1.165, 1.54) is 24.3 Å². The Morgan fingerprint density at radius 1 is 1.38 bits per heavy atom. The van der Waals surface area contributed by atoms with E-state index in [4.69, 9.17) is 14.7 Å². The summed E-state index contributed by atoms with van der Waals surface area (Å²) >= 11 is 0. The van der Waals surface area contributed by atoms with E-state index in [1.807, 2.05) is 6.07 Å². The van der Waals surface area contributed by atoms with E-state index >= 15 is 0 Å². The molecule has 0 bridgehead atoms. The molecule has 1 aliphatic rings. The second kappa shape index (κ2) is 6.26. The van der Waals surface area contributed by atoms with Gasteiger partial charge in [0.1, 0.15) is 29.4 Å². The fraction of sp³-hybridized carbons (Fsp3) is 0.294. The van der Waals surface area contributed by atoms with Crippen LogP contribution in [0.3, 0.4) is 0 Å². The van der Waals surface area contributed by atoms with Crippen molar-refractivity contribution in [1.29, 1.82) is 5.26 Å². The lowest BCUT2D eigenvalue weighted by atomic mass is 9.95. The first-order valence-electron chi connectivity index (χ1n) is 7.38. The zero-order valence-electron chi connectivity index (χ0n) is 13.4. The Balaban J connectivity index is 1.96. The Bertz CT molecular complexity index is 822. The number of aromatic nitrogens is 1. The molecular weight excluding hydrogens is 310 g/mol.